The Morgan fingerprint density at radius 1 is 1.07 bits per heavy atom. The highest BCUT2D eigenvalue weighted by molar-refractivity contribution is 4.85. The molecule has 1 saturated carbocycles. The van der Waals surface area contributed by atoms with Crippen molar-refractivity contribution in [1.29, 1.82) is 0 Å². The average Bonchev–Trinajstić information content (AvgIpc) is 2.94. The normalized spacial score (nSPS) is 21.4. The molecule has 0 saturated heterocycles. The quantitative estimate of drug-likeness (QED) is 0.700. The van der Waals surface area contributed by atoms with Gasteiger partial charge in [0.2, 0.25) is 0 Å². The fourth-order valence-corrected chi connectivity index (χ4v) is 1.75. The van der Waals surface area contributed by atoms with Gasteiger partial charge < -0.3 is 5.32 Å². The molecule has 0 aromatic rings. The molecule has 1 N–H and O–H groups in total. The first-order valence-corrected chi connectivity index (χ1v) is 6.58. The van der Waals surface area contributed by atoms with Crippen LogP contribution in [0.2, 0.25) is 0 Å². The van der Waals surface area contributed by atoms with E-state index in [9.17, 15) is 0 Å². The van der Waals surface area contributed by atoms with Gasteiger partial charge in [0.1, 0.15) is 0 Å². The van der Waals surface area contributed by atoms with Crippen molar-refractivity contribution in [3.05, 3.63) is 0 Å². The molecule has 0 amide bonds. The Morgan fingerprint density at radius 3 is 2.07 bits per heavy atom. The summed E-state index contributed by atoms with van der Waals surface area (Å²) in [4.78, 5) is 0. The van der Waals surface area contributed by atoms with E-state index in [2.05, 4.69) is 39.9 Å². The molecular formula is C14H29N. The monoisotopic (exact) mass is 211 g/mol. The highest BCUT2D eigenvalue weighted by atomic mass is 15.0. The van der Waals surface area contributed by atoms with Crippen LogP contribution in [-0.4, -0.2) is 12.6 Å². The smallest absolute Gasteiger partial charge is 0.00684 e. The van der Waals surface area contributed by atoms with Crippen LogP contribution in [0.3, 0.4) is 0 Å². The predicted octanol–water partition coefficient (Wildman–Crippen LogP) is 3.98. The van der Waals surface area contributed by atoms with Crippen LogP contribution in [0.5, 0.6) is 0 Å². The lowest BCUT2D eigenvalue weighted by molar-refractivity contribution is 0.218. The highest BCUT2D eigenvalue weighted by Gasteiger charge is 2.28. The first kappa shape index (κ1) is 13.0. The standard InChI is InChI=1S/C14H29N/c1-6-14(5,10-9-13(2,3)4)11-15-12-7-8-12/h12,15H,6-11H2,1-5H3. The van der Waals surface area contributed by atoms with Crippen molar-refractivity contribution in [3.8, 4) is 0 Å². The molecule has 0 heterocycles. The van der Waals surface area contributed by atoms with Crippen LogP contribution >= 0.6 is 0 Å². The van der Waals surface area contributed by atoms with Crippen LogP contribution in [0.1, 0.15) is 66.7 Å². The van der Waals surface area contributed by atoms with Gasteiger partial charge in [-0.15, -0.1) is 0 Å². The molecule has 1 unspecified atom stereocenters. The van der Waals surface area contributed by atoms with Crippen molar-refractivity contribution >= 4 is 0 Å². The molecule has 0 aromatic heterocycles. The lowest BCUT2D eigenvalue weighted by atomic mass is 9.77. The van der Waals surface area contributed by atoms with Gasteiger partial charge >= 0.3 is 0 Å². The summed E-state index contributed by atoms with van der Waals surface area (Å²) in [5.41, 5.74) is 0.992. The molecule has 0 spiro atoms. The van der Waals surface area contributed by atoms with Crippen LogP contribution in [0.4, 0.5) is 0 Å². The van der Waals surface area contributed by atoms with Crippen molar-refractivity contribution in [2.24, 2.45) is 10.8 Å². The molecule has 1 aliphatic rings. The fraction of sp³-hybridized carbons (Fsp3) is 1.00. The molecule has 1 heteroatoms. The minimum atomic E-state index is 0.482. The number of hydrogen-bond donors (Lipinski definition) is 1. The summed E-state index contributed by atoms with van der Waals surface area (Å²) >= 11 is 0. The van der Waals surface area contributed by atoms with Gasteiger partial charge in [0.15, 0.2) is 0 Å². The summed E-state index contributed by atoms with van der Waals surface area (Å²) in [5.74, 6) is 0. The van der Waals surface area contributed by atoms with Crippen molar-refractivity contribution in [1.82, 2.24) is 5.32 Å². The van der Waals surface area contributed by atoms with Gasteiger partial charge in [0, 0.05) is 12.6 Å². The second kappa shape index (κ2) is 4.86. The molecule has 0 aromatic carbocycles. The maximum atomic E-state index is 3.68. The lowest BCUT2D eigenvalue weighted by Gasteiger charge is -2.32. The van der Waals surface area contributed by atoms with Gasteiger partial charge in [-0.3, -0.25) is 0 Å². The lowest BCUT2D eigenvalue weighted by Crippen LogP contribution is -2.33. The number of nitrogens with one attached hydrogen (secondary N) is 1. The van der Waals surface area contributed by atoms with E-state index in [1.807, 2.05) is 0 Å². The van der Waals surface area contributed by atoms with Crippen molar-refractivity contribution in [3.63, 3.8) is 0 Å². The van der Waals surface area contributed by atoms with E-state index in [4.69, 9.17) is 0 Å². The summed E-state index contributed by atoms with van der Waals surface area (Å²) in [5, 5.41) is 3.68. The largest absolute Gasteiger partial charge is 0.313 e. The maximum absolute atomic E-state index is 3.68. The van der Waals surface area contributed by atoms with E-state index < -0.39 is 0 Å². The van der Waals surface area contributed by atoms with Crippen LogP contribution in [0.15, 0.2) is 0 Å². The summed E-state index contributed by atoms with van der Waals surface area (Å²) in [6.07, 6.45) is 6.79. The molecule has 15 heavy (non-hydrogen) atoms. The van der Waals surface area contributed by atoms with Crippen molar-refractivity contribution < 1.29 is 0 Å². The van der Waals surface area contributed by atoms with Gasteiger partial charge in [0.05, 0.1) is 0 Å². The molecule has 0 aliphatic heterocycles. The van der Waals surface area contributed by atoms with Crippen LogP contribution in [0, 0.1) is 10.8 Å². The Morgan fingerprint density at radius 2 is 1.67 bits per heavy atom. The highest BCUT2D eigenvalue weighted by Crippen LogP contribution is 2.33. The van der Waals surface area contributed by atoms with Crippen molar-refractivity contribution in [2.45, 2.75) is 72.8 Å². The Balaban J connectivity index is 2.29. The molecular weight excluding hydrogens is 182 g/mol. The molecule has 1 nitrogen and oxygen atoms in total. The second-order valence-corrected chi connectivity index (χ2v) is 6.88. The van der Waals surface area contributed by atoms with Gasteiger partial charge in [-0.2, -0.15) is 0 Å². The molecule has 1 rings (SSSR count). The summed E-state index contributed by atoms with van der Waals surface area (Å²) in [6.45, 7) is 13.0. The Labute approximate surface area is 96.0 Å². The molecule has 0 radical (unpaired) electrons. The first-order chi connectivity index (χ1) is 6.85. The first-order valence-electron chi connectivity index (χ1n) is 6.58. The molecule has 90 valence electrons. The zero-order valence-electron chi connectivity index (χ0n) is 11.3. The van der Waals surface area contributed by atoms with E-state index in [1.165, 1.54) is 38.6 Å². The number of hydrogen-bond acceptors (Lipinski definition) is 1. The minimum Gasteiger partial charge on any atom is -0.313 e. The molecule has 1 aliphatic carbocycles. The van der Waals surface area contributed by atoms with Gasteiger partial charge in [-0.1, -0.05) is 34.6 Å². The SMILES string of the molecule is CCC(C)(CCC(C)(C)C)CNC1CC1. The average molecular weight is 211 g/mol. The summed E-state index contributed by atoms with van der Waals surface area (Å²) in [6, 6.07) is 0.852. The summed E-state index contributed by atoms with van der Waals surface area (Å²) in [7, 11) is 0. The zero-order chi connectivity index (χ0) is 11.5. The molecule has 1 atom stereocenters. The minimum absolute atomic E-state index is 0.482. The summed E-state index contributed by atoms with van der Waals surface area (Å²) < 4.78 is 0. The van der Waals surface area contributed by atoms with Gasteiger partial charge in [-0.05, 0) is 42.9 Å². The molecule has 0 bridgehead atoms. The van der Waals surface area contributed by atoms with E-state index in [1.54, 1.807) is 0 Å². The third-order valence-electron chi connectivity index (χ3n) is 3.73. The Hall–Kier alpha value is -0.0400. The Kier molecular flexibility index (Phi) is 4.22. The molecule has 1 fully saturated rings. The topological polar surface area (TPSA) is 12.0 Å². The van der Waals surface area contributed by atoms with Gasteiger partial charge in [-0.25, -0.2) is 0 Å². The van der Waals surface area contributed by atoms with E-state index in [0.717, 1.165) is 6.04 Å². The maximum Gasteiger partial charge on any atom is 0.00684 e. The third kappa shape index (κ3) is 5.55. The van der Waals surface area contributed by atoms with Gasteiger partial charge in [0.25, 0.3) is 0 Å². The Bertz CT molecular complexity index is 188. The predicted molar refractivity (Wildman–Crippen MR) is 68.1 cm³/mol. The fourth-order valence-electron chi connectivity index (χ4n) is 1.75. The van der Waals surface area contributed by atoms with Crippen LogP contribution in [0.25, 0.3) is 0 Å². The van der Waals surface area contributed by atoms with E-state index in [0.29, 0.717) is 10.8 Å². The second-order valence-electron chi connectivity index (χ2n) is 6.88. The van der Waals surface area contributed by atoms with E-state index in [-0.39, 0.29) is 0 Å². The van der Waals surface area contributed by atoms with Crippen LogP contribution in [-0.2, 0) is 0 Å². The van der Waals surface area contributed by atoms with Crippen LogP contribution < -0.4 is 5.32 Å². The van der Waals surface area contributed by atoms with E-state index >= 15 is 0 Å². The zero-order valence-corrected chi connectivity index (χ0v) is 11.3. The van der Waals surface area contributed by atoms with Crippen molar-refractivity contribution in [2.75, 3.05) is 6.54 Å². The third-order valence-corrected chi connectivity index (χ3v) is 3.73. The number of rotatable bonds is 6.